The van der Waals surface area contributed by atoms with E-state index >= 15 is 0 Å². The molecule has 7 heteroatoms. The molecule has 4 saturated carbocycles. The van der Waals surface area contributed by atoms with Gasteiger partial charge >= 0.3 is 6.03 Å². The van der Waals surface area contributed by atoms with E-state index in [1.807, 2.05) is 6.92 Å². The zero-order valence-corrected chi connectivity index (χ0v) is 24.9. The van der Waals surface area contributed by atoms with E-state index in [0.717, 1.165) is 19.3 Å². The average Bonchev–Trinajstić information content (AvgIpc) is 3.20. The molecular formula is C30H54N2O4S. The molecule has 0 spiro atoms. The fourth-order valence-corrected chi connectivity index (χ4v) is 11.3. The van der Waals surface area contributed by atoms with Crippen molar-refractivity contribution in [3.05, 3.63) is 0 Å². The molecule has 4 rings (SSSR count). The Balaban J connectivity index is 1.39. The van der Waals surface area contributed by atoms with Gasteiger partial charge in [-0.15, -0.1) is 0 Å². The van der Waals surface area contributed by atoms with E-state index in [9.17, 15) is 18.3 Å². The predicted molar refractivity (Wildman–Crippen MR) is 149 cm³/mol. The first-order chi connectivity index (χ1) is 17.5. The van der Waals surface area contributed by atoms with Gasteiger partial charge in [0.15, 0.2) is 0 Å². The largest absolute Gasteiger partial charge is 0.393 e. The standard InChI is InChI=1S/C30H54N2O4S/c1-6-8-19-37(35,36)32-28(34)31-18-15-20(3)22-12-13-24-26-25(14-17-30(22,24)5)29(4)16-10-9-11-23(29)21(7-2)27(26)33/h20-27,33H,6-19H2,1-5H3,(H2,31,32,34)/t20-,21-,22-,23+,24+,25+,26+,27-,29+,30-/m1/s1. The normalized spacial score (nSPS) is 42.3. The molecule has 6 nitrogen and oxygen atoms in total. The number of aliphatic hydroxyl groups is 1. The number of fused-ring (bicyclic) bond motifs is 5. The van der Waals surface area contributed by atoms with Gasteiger partial charge in [0.05, 0.1) is 11.9 Å². The van der Waals surface area contributed by atoms with Crippen molar-refractivity contribution in [2.75, 3.05) is 12.3 Å². The second kappa shape index (κ2) is 11.3. The molecule has 10 atom stereocenters. The van der Waals surface area contributed by atoms with Crippen molar-refractivity contribution in [1.82, 2.24) is 10.0 Å². The molecule has 2 amide bonds. The lowest BCUT2D eigenvalue weighted by atomic mass is 9.41. The fraction of sp³-hybridized carbons (Fsp3) is 0.967. The van der Waals surface area contributed by atoms with Gasteiger partial charge in [-0.1, -0.05) is 60.3 Å². The van der Waals surface area contributed by atoms with Gasteiger partial charge in [-0.2, -0.15) is 0 Å². The van der Waals surface area contributed by atoms with Crippen LogP contribution in [0, 0.1) is 52.3 Å². The number of hydrogen-bond donors (Lipinski definition) is 3. The molecule has 214 valence electrons. The highest BCUT2D eigenvalue weighted by Gasteiger charge is 2.64. The number of nitrogens with one attached hydrogen (secondary N) is 2. The van der Waals surface area contributed by atoms with Crippen LogP contribution in [0.5, 0.6) is 0 Å². The minimum Gasteiger partial charge on any atom is -0.393 e. The summed E-state index contributed by atoms with van der Waals surface area (Å²) >= 11 is 0. The summed E-state index contributed by atoms with van der Waals surface area (Å²) in [6, 6.07) is -0.606. The molecule has 0 aromatic rings. The number of unbranched alkanes of at least 4 members (excludes halogenated alkanes) is 1. The molecule has 0 aliphatic heterocycles. The first-order valence-electron chi connectivity index (χ1n) is 15.4. The molecule has 4 aliphatic rings. The second-order valence-electron chi connectivity index (χ2n) is 13.7. The number of hydrogen-bond acceptors (Lipinski definition) is 4. The van der Waals surface area contributed by atoms with Crippen LogP contribution >= 0.6 is 0 Å². The maximum Gasteiger partial charge on any atom is 0.328 e. The SMILES string of the molecule is CCCCS(=O)(=O)NC(=O)NCC[C@@H](C)[C@H]1CC[C@H]2[C@@H]3[C@H](O)[C@H](CC)[C@@H]4CCCC[C@]4(C)[C@H]3CC[C@]12C. The topological polar surface area (TPSA) is 95.5 Å². The third-order valence-corrected chi connectivity index (χ3v) is 13.3. The lowest BCUT2D eigenvalue weighted by Gasteiger charge is -2.64. The molecule has 0 saturated heterocycles. The van der Waals surface area contributed by atoms with Crippen LogP contribution in [0.25, 0.3) is 0 Å². The minimum absolute atomic E-state index is 0.0121. The van der Waals surface area contributed by atoms with E-state index < -0.39 is 16.1 Å². The van der Waals surface area contributed by atoms with Crippen molar-refractivity contribution in [3.63, 3.8) is 0 Å². The molecule has 0 bridgehead atoms. The summed E-state index contributed by atoms with van der Waals surface area (Å²) < 4.78 is 26.2. The van der Waals surface area contributed by atoms with E-state index in [4.69, 9.17) is 0 Å². The zero-order valence-electron chi connectivity index (χ0n) is 24.1. The second-order valence-corrected chi connectivity index (χ2v) is 15.6. The van der Waals surface area contributed by atoms with Crippen LogP contribution in [-0.4, -0.2) is 38.0 Å². The maximum atomic E-state index is 12.2. The molecule has 0 heterocycles. The smallest absolute Gasteiger partial charge is 0.328 e. The van der Waals surface area contributed by atoms with E-state index in [2.05, 4.69) is 37.7 Å². The Kier molecular flexibility index (Phi) is 8.95. The minimum atomic E-state index is -3.56. The van der Waals surface area contributed by atoms with E-state index in [0.29, 0.717) is 59.8 Å². The Bertz CT molecular complexity index is 909. The monoisotopic (exact) mass is 538 g/mol. The molecule has 4 aliphatic carbocycles. The number of rotatable bonds is 9. The first-order valence-corrected chi connectivity index (χ1v) is 17.1. The van der Waals surface area contributed by atoms with Crippen LogP contribution < -0.4 is 10.0 Å². The van der Waals surface area contributed by atoms with E-state index in [-0.39, 0.29) is 17.3 Å². The molecule has 37 heavy (non-hydrogen) atoms. The van der Waals surface area contributed by atoms with Gasteiger partial charge in [0.2, 0.25) is 10.0 Å². The van der Waals surface area contributed by atoms with Crippen molar-refractivity contribution < 1.29 is 18.3 Å². The number of carbonyl (C=O) groups is 1. The summed E-state index contributed by atoms with van der Waals surface area (Å²) in [4.78, 5) is 12.2. The van der Waals surface area contributed by atoms with Gasteiger partial charge in [-0.05, 0) is 104 Å². The Morgan fingerprint density at radius 2 is 1.73 bits per heavy atom. The Morgan fingerprint density at radius 3 is 2.43 bits per heavy atom. The predicted octanol–water partition coefficient (Wildman–Crippen LogP) is 6.10. The highest BCUT2D eigenvalue weighted by atomic mass is 32.2. The van der Waals surface area contributed by atoms with Gasteiger partial charge in [-0.25, -0.2) is 17.9 Å². The summed E-state index contributed by atoms with van der Waals surface area (Å²) in [5, 5.41) is 14.6. The molecule has 0 radical (unpaired) electrons. The first kappa shape index (κ1) is 29.2. The molecular weight excluding hydrogens is 484 g/mol. The van der Waals surface area contributed by atoms with Crippen LogP contribution in [0.4, 0.5) is 4.79 Å². The number of amides is 2. The van der Waals surface area contributed by atoms with E-state index in [1.165, 1.54) is 51.4 Å². The van der Waals surface area contributed by atoms with Gasteiger partial charge in [0, 0.05) is 6.54 Å². The molecule has 0 aromatic carbocycles. The highest BCUT2D eigenvalue weighted by Crippen LogP contribution is 2.69. The van der Waals surface area contributed by atoms with Crippen molar-refractivity contribution in [2.45, 2.75) is 118 Å². The number of aliphatic hydroxyl groups excluding tert-OH is 1. The maximum absolute atomic E-state index is 12.2. The summed E-state index contributed by atoms with van der Waals surface area (Å²) in [6.07, 6.45) is 13.4. The van der Waals surface area contributed by atoms with Crippen LogP contribution in [0.3, 0.4) is 0 Å². The van der Waals surface area contributed by atoms with Gasteiger partial charge in [0.1, 0.15) is 0 Å². The Hall–Kier alpha value is -0.820. The van der Waals surface area contributed by atoms with Gasteiger partial charge in [0.25, 0.3) is 0 Å². The summed E-state index contributed by atoms with van der Waals surface area (Å²) in [6.45, 7) is 12.1. The van der Waals surface area contributed by atoms with Crippen LogP contribution in [0.2, 0.25) is 0 Å². The van der Waals surface area contributed by atoms with Crippen molar-refractivity contribution >= 4 is 16.1 Å². The average molecular weight is 539 g/mol. The van der Waals surface area contributed by atoms with Crippen molar-refractivity contribution in [3.8, 4) is 0 Å². The third-order valence-electron chi connectivity index (χ3n) is 12.0. The van der Waals surface area contributed by atoms with Crippen LogP contribution in [-0.2, 0) is 10.0 Å². The Labute approximate surface area is 226 Å². The number of sulfonamides is 1. The lowest BCUT2D eigenvalue weighted by molar-refractivity contribution is -0.194. The highest BCUT2D eigenvalue weighted by molar-refractivity contribution is 7.90. The van der Waals surface area contributed by atoms with Crippen molar-refractivity contribution in [1.29, 1.82) is 0 Å². The molecule has 4 fully saturated rings. The molecule has 3 N–H and O–H groups in total. The third kappa shape index (κ3) is 5.47. The number of carbonyl (C=O) groups excluding carboxylic acids is 1. The zero-order chi connectivity index (χ0) is 27.0. The Morgan fingerprint density at radius 1 is 1.00 bits per heavy atom. The van der Waals surface area contributed by atoms with Crippen LogP contribution in [0.15, 0.2) is 0 Å². The van der Waals surface area contributed by atoms with E-state index in [1.54, 1.807) is 0 Å². The fourth-order valence-electron chi connectivity index (χ4n) is 10.2. The summed E-state index contributed by atoms with van der Waals surface area (Å²) in [7, 11) is -3.56. The van der Waals surface area contributed by atoms with Gasteiger partial charge < -0.3 is 10.4 Å². The lowest BCUT2D eigenvalue weighted by Crippen LogP contribution is -2.61. The summed E-state index contributed by atoms with van der Waals surface area (Å²) in [5.41, 5.74) is 0.631. The van der Waals surface area contributed by atoms with Gasteiger partial charge in [-0.3, -0.25) is 0 Å². The number of urea groups is 1. The van der Waals surface area contributed by atoms with Crippen LogP contribution in [0.1, 0.15) is 112 Å². The quantitative estimate of drug-likeness (QED) is 0.331. The molecule has 0 aromatic heterocycles. The summed E-state index contributed by atoms with van der Waals surface area (Å²) in [5.74, 6) is 3.82. The van der Waals surface area contributed by atoms with Crippen molar-refractivity contribution in [2.24, 2.45) is 52.3 Å². The molecule has 0 unspecified atom stereocenters.